The third-order valence-corrected chi connectivity index (χ3v) is 4.10. The second-order valence-electron chi connectivity index (χ2n) is 5.60. The molecule has 1 heterocycles. The number of urea groups is 1. The van der Waals surface area contributed by atoms with Crippen molar-refractivity contribution in [3.8, 4) is 0 Å². The van der Waals surface area contributed by atoms with E-state index in [1.807, 2.05) is 24.3 Å². The van der Waals surface area contributed by atoms with Gasteiger partial charge in [-0.2, -0.15) is 0 Å². The largest absolute Gasteiger partial charge is 0.481 e. The SMILES string of the molecule is CC(NC(=O)N1CCCCc2ccccc21)C(C)C(=O)O. The highest BCUT2D eigenvalue weighted by Crippen LogP contribution is 2.26. The van der Waals surface area contributed by atoms with Gasteiger partial charge >= 0.3 is 12.0 Å². The minimum absolute atomic E-state index is 0.218. The third kappa shape index (κ3) is 3.54. The van der Waals surface area contributed by atoms with Crippen LogP contribution in [0.5, 0.6) is 0 Å². The molecule has 2 unspecified atom stereocenters. The zero-order valence-corrected chi connectivity index (χ0v) is 12.5. The fourth-order valence-corrected chi connectivity index (χ4v) is 2.51. The lowest BCUT2D eigenvalue weighted by molar-refractivity contribution is -0.141. The van der Waals surface area contributed by atoms with E-state index in [-0.39, 0.29) is 6.03 Å². The number of amides is 2. The molecule has 0 aromatic heterocycles. The van der Waals surface area contributed by atoms with Gasteiger partial charge in [-0.25, -0.2) is 4.79 Å². The van der Waals surface area contributed by atoms with Crippen LogP contribution in [0.25, 0.3) is 0 Å². The number of nitrogens with one attached hydrogen (secondary N) is 1. The summed E-state index contributed by atoms with van der Waals surface area (Å²) in [7, 11) is 0. The molecule has 2 N–H and O–H groups in total. The number of para-hydroxylation sites is 1. The van der Waals surface area contributed by atoms with E-state index in [9.17, 15) is 9.59 Å². The van der Waals surface area contributed by atoms with Gasteiger partial charge in [-0.15, -0.1) is 0 Å². The van der Waals surface area contributed by atoms with Crippen molar-refractivity contribution >= 4 is 17.7 Å². The molecule has 114 valence electrons. The number of carboxylic acids is 1. The minimum atomic E-state index is -0.904. The Balaban J connectivity index is 2.14. The summed E-state index contributed by atoms with van der Waals surface area (Å²) in [5.41, 5.74) is 2.10. The first-order chi connectivity index (χ1) is 10.0. The Labute approximate surface area is 125 Å². The summed E-state index contributed by atoms with van der Waals surface area (Å²) >= 11 is 0. The van der Waals surface area contributed by atoms with Crippen LogP contribution in [0.15, 0.2) is 24.3 Å². The summed E-state index contributed by atoms with van der Waals surface area (Å²) in [4.78, 5) is 25.2. The number of carbonyl (C=O) groups excluding carboxylic acids is 1. The van der Waals surface area contributed by atoms with Crippen LogP contribution in [0.1, 0.15) is 32.3 Å². The number of fused-ring (bicyclic) bond motifs is 1. The Morgan fingerprint density at radius 2 is 1.95 bits per heavy atom. The van der Waals surface area contributed by atoms with Crippen molar-refractivity contribution < 1.29 is 14.7 Å². The van der Waals surface area contributed by atoms with Gasteiger partial charge in [0.25, 0.3) is 0 Å². The van der Waals surface area contributed by atoms with Crippen molar-refractivity contribution in [1.82, 2.24) is 5.32 Å². The van der Waals surface area contributed by atoms with Crippen LogP contribution in [0.2, 0.25) is 0 Å². The van der Waals surface area contributed by atoms with E-state index in [0.717, 1.165) is 24.9 Å². The zero-order valence-electron chi connectivity index (χ0n) is 12.5. The normalized spacial score (nSPS) is 17.3. The molecule has 5 nitrogen and oxygen atoms in total. The van der Waals surface area contributed by atoms with Crippen molar-refractivity contribution in [3.63, 3.8) is 0 Å². The first-order valence-electron chi connectivity index (χ1n) is 7.39. The van der Waals surface area contributed by atoms with Crippen molar-refractivity contribution in [2.75, 3.05) is 11.4 Å². The first kappa shape index (κ1) is 15.4. The molecule has 5 heteroatoms. The molecule has 0 fully saturated rings. The standard InChI is InChI=1S/C16H22N2O3/c1-11(15(19)20)12(2)17-16(21)18-10-6-5-8-13-7-3-4-9-14(13)18/h3-4,7,9,11-12H,5-6,8,10H2,1-2H3,(H,17,21)(H,19,20). The Hall–Kier alpha value is -2.04. The molecule has 1 aromatic rings. The fraction of sp³-hybridized carbons (Fsp3) is 0.500. The average molecular weight is 290 g/mol. The summed E-state index contributed by atoms with van der Waals surface area (Å²) in [5.74, 6) is -1.52. The lowest BCUT2D eigenvalue weighted by Crippen LogP contribution is -2.47. The maximum absolute atomic E-state index is 12.5. The lowest BCUT2D eigenvalue weighted by atomic mass is 10.0. The maximum Gasteiger partial charge on any atom is 0.322 e. The van der Waals surface area contributed by atoms with Crippen LogP contribution in [-0.4, -0.2) is 29.7 Å². The van der Waals surface area contributed by atoms with Gasteiger partial charge in [-0.1, -0.05) is 18.2 Å². The molecule has 1 aliphatic heterocycles. The lowest BCUT2D eigenvalue weighted by Gasteiger charge is -2.26. The number of aryl methyl sites for hydroxylation is 1. The molecule has 21 heavy (non-hydrogen) atoms. The minimum Gasteiger partial charge on any atom is -0.481 e. The Morgan fingerprint density at radius 3 is 2.67 bits per heavy atom. The van der Waals surface area contributed by atoms with Gasteiger partial charge in [0.15, 0.2) is 0 Å². The molecule has 2 rings (SSSR count). The van der Waals surface area contributed by atoms with Crippen LogP contribution in [0.4, 0.5) is 10.5 Å². The second-order valence-corrected chi connectivity index (χ2v) is 5.60. The maximum atomic E-state index is 12.5. The van der Waals surface area contributed by atoms with E-state index in [1.54, 1.807) is 18.7 Å². The van der Waals surface area contributed by atoms with Gasteiger partial charge in [0, 0.05) is 18.3 Å². The number of aliphatic carboxylic acids is 1. The Kier molecular flexibility index (Phi) is 4.83. The van der Waals surface area contributed by atoms with Crippen molar-refractivity contribution in [3.05, 3.63) is 29.8 Å². The third-order valence-electron chi connectivity index (χ3n) is 4.10. The van der Waals surface area contributed by atoms with Gasteiger partial charge in [-0.05, 0) is 44.7 Å². The van der Waals surface area contributed by atoms with Crippen molar-refractivity contribution in [1.29, 1.82) is 0 Å². The highest BCUT2D eigenvalue weighted by atomic mass is 16.4. The number of rotatable bonds is 3. The molecule has 1 aliphatic rings. The summed E-state index contributed by atoms with van der Waals surface area (Å²) in [6.07, 6.45) is 2.98. The molecular weight excluding hydrogens is 268 g/mol. The summed E-state index contributed by atoms with van der Waals surface area (Å²) in [6, 6.07) is 7.27. The monoisotopic (exact) mass is 290 g/mol. The summed E-state index contributed by atoms with van der Waals surface area (Å²) in [6.45, 7) is 3.99. The quantitative estimate of drug-likeness (QED) is 0.899. The Morgan fingerprint density at radius 1 is 1.24 bits per heavy atom. The van der Waals surface area contributed by atoms with Gasteiger partial charge in [0.1, 0.15) is 0 Å². The number of hydrogen-bond acceptors (Lipinski definition) is 2. The van der Waals surface area contributed by atoms with Crippen LogP contribution in [0.3, 0.4) is 0 Å². The predicted octanol–water partition coefficient (Wildman–Crippen LogP) is 2.65. The summed E-state index contributed by atoms with van der Waals surface area (Å²) < 4.78 is 0. The molecule has 0 saturated carbocycles. The van der Waals surface area contributed by atoms with Crippen molar-refractivity contribution in [2.24, 2.45) is 5.92 Å². The number of hydrogen-bond donors (Lipinski definition) is 2. The average Bonchev–Trinajstić information content (AvgIpc) is 2.68. The molecule has 2 amide bonds. The molecule has 0 spiro atoms. The zero-order chi connectivity index (χ0) is 15.4. The number of carboxylic acid groups (broad SMARTS) is 1. The molecule has 0 radical (unpaired) electrons. The topological polar surface area (TPSA) is 69.6 Å². The van der Waals surface area contributed by atoms with Crippen LogP contribution < -0.4 is 10.2 Å². The highest BCUT2D eigenvalue weighted by Gasteiger charge is 2.25. The van der Waals surface area contributed by atoms with E-state index in [4.69, 9.17) is 5.11 Å². The smallest absolute Gasteiger partial charge is 0.322 e. The van der Waals surface area contributed by atoms with E-state index >= 15 is 0 Å². The van der Waals surface area contributed by atoms with E-state index < -0.39 is 17.9 Å². The molecule has 0 aliphatic carbocycles. The molecule has 0 saturated heterocycles. The van der Waals surface area contributed by atoms with Crippen LogP contribution >= 0.6 is 0 Å². The summed E-state index contributed by atoms with van der Waals surface area (Å²) in [5, 5.41) is 11.8. The molecule has 2 atom stereocenters. The van der Waals surface area contributed by atoms with Crippen molar-refractivity contribution in [2.45, 2.75) is 39.2 Å². The van der Waals surface area contributed by atoms with Gasteiger partial charge < -0.3 is 10.4 Å². The highest BCUT2D eigenvalue weighted by molar-refractivity contribution is 5.93. The fourth-order valence-electron chi connectivity index (χ4n) is 2.51. The molecule has 1 aromatic carbocycles. The van der Waals surface area contributed by atoms with Gasteiger partial charge in [0.05, 0.1) is 5.92 Å². The van der Waals surface area contributed by atoms with E-state index in [1.165, 1.54) is 5.56 Å². The van der Waals surface area contributed by atoms with Crippen LogP contribution in [-0.2, 0) is 11.2 Å². The van der Waals surface area contributed by atoms with E-state index in [0.29, 0.717) is 6.54 Å². The number of nitrogens with zero attached hydrogens (tertiary/aromatic N) is 1. The molecular formula is C16H22N2O3. The predicted molar refractivity (Wildman–Crippen MR) is 81.5 cm³/mol. The Bertz CT molecular complexity index is 530. The van der Waals surface area contributed by atoms with Gasteiger partial charge in [0.2, 0.25) is 0 Å². The second kappa shape index (κ2) is 6.61. The number of anilines is 1. The van der Waals surface area contributed by atoms with E-state index in [2.05, 4.69) is 5.32 Å². The first-order valence-corrected chi connectivity index (χ1v) is 7.39. The molecule has 0 bridgehead atoms. The van der Waals surface area contributed by atoms with Crippen LogP contribution in [0, 0.1) is 5.92 Å². The van der Waals surface area contributed by atoms with Gasteiger partial charge in [-0.3, -0.25) is 9.69 Å². The number of benzene rings is 1. The number of carbonyl (C=O) groups is 2.